The lowest BCUT2D eigenvalue weighted by molar-refractivity contribution is -0.137. The Morgan fingerprint density at radius 3 is 3.20 bits per heavy atom. The molecule has 1 aromatic carbocycles. The van der Waals surface area contributed by atoms with Crippen molar-refractivity contribution in [1.29, 1.82) is 0 Å². The van der Waals surface area contributed by atoms with Crippen LogP contribution in [0.1, 0.15) is 25.3 Å². The van der Waals surface area contributed by atoms with E-state index in [2.05, 4.69) is 29.7 Å². The Morgan fingerprint density at radius 1 is 1.55 bits per heavy atom. The molecular weight excluding hydrogens is 256 g/mol. The first-order valence-corrected chi connectivity index (χ1v) is 7.10. The molecule has 0 fully saturated rings. The minimum absolute atomic E-state index is 0.222. The number of anilines is 1. The molecule has 0 saturated heterocycles. The number of ether oxygens (including phenoxy) is 1. The second-order valence-electron chi connectivity index (χ2n) is 5.16. The van der Waals surface area contributed by atoms with Crippen molar-refractivity contribution in [3.05, 3.63) is 23.8 Å². The molecule has 1 unspecified atom stereocenters. The summed E-state index contributed by atoms with van der Waals surface area (Å²) in [6, 6.07) is 6.55. The van der Waals surface area contributed by atoms with Gasteiger partial charge in [-0.15, -0.1) is 0 Å². The average Bonchev–Trinajstić information content (AvgIpc) is 2.43. The standard InChI is InChI=1S/C15H22N2O3/c1-11(16-6-2-3-15(18)19)9-12-4-5-14-13(10-12)17-7-8-20-14/h4-5,10-11,16-17H,2-3,6-9H2,1H3,(H,18,19). The van der Waals surface area contributed by atoms with Crippen molar-refractivity contribution < 1.29 is 14.6 Å². The zero-order chi connectivity index (χ0) is 14.4. The highest BCUT2D eigenvalue weighted by Gasteiger charge is 2.11. The fraction of sp³-hybridized carbons (Fsp3) is 0.533. The lowest BCUT2D eigenvalue weighted by atomic mass is 10.1. The second kappa shape index (κ2) is 7.14. The van der Waals surface area contributed by atoms with E-state index in [-0.39, 0.29) is 6.42 Å². The number of aliphatic carboxylic acids is 1. The molecule has 0 aromatic heterocycles. The summed E-state index contributed by atoms with van der Waals surface area (Å²) in [5, 5.41) is 15.3. The Hall–Kier alpha value is -1.75. The number of fused-ring (bicyclic) bond motifs is 1. The van der Waals surface area contributed by atoms with Crippen LogP contribution in [0.25, 0.3) is 0 Å². The number of carboxylic acid groups (broad SMARTS) is 1. The van der Waals surface area contributed by atoms with E-state index in [0.717, 1.165) is 30.9 Å². The first-order valence-electron chi connectivity index (χ1n) is 7.10. The van der Waals surface area contributed by atoms with Gasteiger partial charge in [-0.05, 0) is 44.0 Å². The molecule has 5 nitrogen and oxygen atoms in total. The SMILES string of the molecule is CC(Cc1ccc2c(c1)NCCO2)NCCCC(=O)O. The molecule has 0 spiro atoms. The normalized spacial score (nSPS) is 14.8. The second-order valence-corrected chi connectivity index (χ2v) is 5.16. The van der Waals surface area contributed by atoms with Gasteiger partial charge in [-0.3, -0.25) is 4.79 Å². The summed E-state index contributed by atoms with van der Waals surface area (Å²) < 4.78 is 5.55. The van der Waals surface area contributed by atoms with E-state index in [1.54, 1.807) is 0 Å². The van der Waals surface area contributed by atoms with Crippen LogP contribution in [0.4, 0.5) is 5.69 Å². The summed E-state index contributed by atoms with van der Waals surface area (Å²) in [6.07, 6.45) is 1.81. The highest BCUT2D eigenvalue weighted by Crippen LogP contribution is 2.28. The Labute approximate surface area is 119 Å². The molecule has 110 valence electrons. The van der Waals surface area contributed by atoms with Crippen molar-refractivity contribution >= 4 is 11.7 Å². The van der Waals surface area contributed by atoms with Crippen LogP contribution in [0.2, 0.25) is 0 Å². The van der Waals surface area contributed by atoms with Crippen LogP contribution in [-0.4, -0.2) is 36.8 Å². The third-order valence-corrected chi connectivity index (χ3v) is 3.32. The molecule has 0 amide bonds. The summed E-state index contributed by atoms with van der Waals surface area (Å²) in [5.41, 5.74) is 2.31. The fourth-order valence-corrected chi connectivity index (χ4v) is 2.33. The lowest BCUT2D eigenvalue weighted by Crippen LogP contribution is -2.29. The Balaban J connectivity index is 1.79. The van der Waals surface area contributed by atoms with E-state index in [0.29, 0.717) is 19.1 Å². The van der Waals surface area contributed by atoms with Crippen LogP contribution in [0.3, 0.4) is 0 Å². The molecule has 2 rings (SSSR count). The molecule has 1 heterocycles. The van der Waals surface area contributed by atoms with Gasteiger partial charge in [0.15, 0.2) is 0 Å². The van der Waals surface area contributed by atoms with Gasteiger partial charge in [0.1, 0.15) is 12.4 Å². The van der Waals surface area contributed by atoms with Gasteiger partial charge in [-0.25, -0.2) is 0 Å². The summed E-state index contributed by atoms with van der Waals surface area (Å²) in [5.74, 6) is 0.183. The third kappa shape index (κ3) is 4.42. The first-order chi connectivity index (χ1) is 9.65. The molecule has 1 aliphatic rings. The largest absolute Gasteiger partial charge is 0.490 e. The van der Waals surface area contributed by atoms with Crippen molar-refractivity contribution in [2.75, 3.05) is 25.0 Å². The number of nitrogens with one attached hydrogen (secondary N) is 2. The zero-order valence-corrected chi connectivity index (χ0v) is 11.8. The predicted octanol–water partition coefficient (Wildman–Crippen LogP) is 1.88. The van der Waals surface area contributed by atoms with Gasteiger partial charge >= 0.3 is 5.97 Å². The molecular formula is C15H22N2O3. The molecule has 5 heteroatoms. The van der Waals surface area contributed by atoms with E-state index in [4.69, 9.17) is 9.84 Å². The van der Waals surface area contributed by atoms with Gasteiger partial charge < -0.3 is 20.5 Å². The highest BCUT2D eigenvalue weighted by molar-refractivity contribution is 5.66. The van der Waals surface area contributed by atoms with Crippen molar-refractivity contribution in [3.63, 3.8) is 0 Å². The van der Waals surface area contributed by atoms with Gasteiger partial charge in [-0.2, -0.15) is 0 Å². The quantitative estimate of drug-likeness (QED) is 0.664. The van der Waals surface area contributed by atoms with Crippen molar-refractivity contribution in [2.24, 2.45) is 0 Å². The molecule has 3 N–H and O–H groups in total. The predicted molar refractivity (Wildman–Crippen MR) is 78.5 cm³/mol. The van der Waals surface area contributed by atoms with Gasteiger partial charge in [0.2, 0.25) is 0 Å². The topological polar surface area (TPSA) is 70.6 Å². The van der Waals surface area contributed by atoms with E-state index in [1.807, 2.05) is 6.07 Å². The van der Waals surface area contributed by atoms with Gasteiger partial charge in [-0.1, -0.05) is 6.07 Å². The van der Waals surface area contributed by atoms with Gasteiger partial charge in [0, 0.05) is 19.0 Å². The number of hydrogen-bond acceptors (Lipinski definition) is 4. The van der Waals surface area contributed by atoms with Gasteiger partial charge in [0.25, 0.3) is 0 Å². The summed E-state index contributed by atoms with van der Waals surface area (Å²) >= 11 is 0. The lowest BCUT2D eigenvalue weighted by Gasteiger charge is -2.20. The van der Waals surface area contributed by atoms with Crippen molar-refractivity contribution in [1.82, 2.24) is 5.32 Å². The molecule has 1 aromatic rings. The van der Waals surface area contributed by atoms with E-state index in [9.17, 15) is 4.79 Å². The van der Waals surface area contributed by atoms with E-state index in [1.165, 1.54) is 5.56 Å². The molecule has 1 atom stereocenters. The number of hydrogen-bond donors (Lipinski definition) is 3. The molecule has 20 heavy (non-hydrogen) atoms. The summed E-state index contributed by atoms with van der Waals surface area (Å²) in [7, 11) is 0. The first kappa shape index (κ1) is 14.7. The maximum absolute atomic E-state index is 10.4. The van der Waals surface area contributed by atoms with Crippen LogP contribution in [-0.2, 0) is 11.2 Å². The molecule has 0 aliphatic carbocycles. The Morgan fingerprint density at radius 2 is 2.40 bits per heavy atom. The average molecular weight is 278 g/mol. The Kier molecular flexibility index (Phi) is 5.24. The third-order valence-electron chi connectivity index (χ3n) is 3.32. The van der Waals surface area contributed by atoms with Crippen LogP contribution < -0.4 is 15.4 Å². The highest BCUT2D eigenvalue weighted by atomic mass is 16.5. The number of carboxylic acids is 1. The molecule has 1 aliphatic heterocycles. The van der Waals surface area contributed by atoms with E-state index < -0.39 is 5.97 Å². The molecule has 0 saturated carbocycles. The van der Waals surface area contributed by atoms with Crippen LogP contribution in [0, 0.1) is 0 Å². The Bertz CT molecular complexity index is 462. The minimum atomic E-state index is -0.736. The van der Waals surface area contributed by atoms with E-state index >= 15 is 0 Å². The van der Waals surface area contributed by atoms with Crippen molar-refractivity contribution in [2.45, 2.75) is 32.2 Å². The van der Waals surface area contributed by atoms with Crippen LogP contribution in [0.5, 0.6) is 5.75 Å². The number of benzene rings is 1. The zero-order valence-electron chi connectivity index (χ0n) is 11.8. The number of rotatable bonds is 7. The minimum Gasteiger partial charge on any atom is -0.490 e. The maximum Gasteiger partial charge on any atom is 0.303 e. The number of carbonyl (C=O) groups is 1. The summed E-state index contributed by atoms with van der Waals surface area (Å²) in [4.78, 5) is 10.4. The maximum atomic E-state index is 10.4. The molecule has 0 radical (unpaired) electrons. The van der Waals surface area contributed by atoms with Gasteiger partial charge in [0.05, 0.1) is 5.69 Å². The van der Waals surface area contributed by atoms with Crippen molar-refractivity contribution in [3.8, 4) is 5.75 Å². The van der Waals surface area contributed by atoms with Crippen LogP contribution >= 0.6 is 0 Å². The molecule has 0 bridgehead atoms. The monoisotopic (exact) mass is 278 g/mol. The fourth-order valence-electron chi connectivity index (χ4n) is 2.33. The van der Waals surface area contributed by atoms with Crippen LogP contribution in [0.15, 0.2) is 18.2 Å². The smallest absolute Gasteiger partial charge is 0.303 e. The summed E-state index contributed by atoms with van der Waals surface area (Å²) in [6.45, 7) is 4.41.